The lowest BCUT2D eigenvalue weighted by atomic mass is 10.1. The fourth-order valence-electron chi connectivity index (χ4n) is 7.11. The summed E-state index contributed by atoms with van der Waals surface area (Å²) in [5.74, 6) is -0.997. The molecule has 0 aliphatic heterocycles. The zero-order valence-electron chi connectivity index (χ0n) is 43.8. The summed E-state index contributed by atoms with van der Waals surface area (Å²) in [6, 6.07) is 0. The van der Waals surface area contributed by atoms with E-state index in [1.807, 2.05) is 0 Å². The standard InChI is InChI=1S/C62H100O6/c1-4-7-10-13-16-19-22-25-28-31-34-37-40-43-46-49-52-55-61(64)67-58-59(57-66-60(63)54-51-48-45-42-39-36-33-30-27-24-21-18-15-12-9-6-3)68-62(65)56-53-50-47-44-41-38-35-32-29-26-23-20-17-14-11-8-5-2/h7-8,10-11,16-17,19-21,24-26,28-30,33-34,37,43,46,59H,4-6,9,12-15,18,22-23,27,31-32,35-36,38-42,44-45,47-58H2,1-3H3/b10-7-,11-8-,19-16-,20-17-,24-21-,28-25-,29-26-,33-30-,37-34-,46-43-. The Bertz CT molecular complexity index is 1450. The first-order chi connectivity index (χ1) is 33.5. The molecule has 68 heavy (non-hydrogen) atoms. The molecule has 1 atom stereocenters. The minimum absolute atomic E-state index is 0.110. The Labute approximate surface area is 418 Å². The summed E-state index contributed by atoms with van der Waals surface area (Å²) < 4.78 is 16.8. The lowest BCUT2D eigenvalue weighted by Gasteiger charge is -2.18. The number of allylic oxidation sites excluding steroid dienone is 20. The Kier molecular flexibility index (Phi) is 52.0. The smallest absolute Gasteiger partial charge is 0.306 e. The lowest BCUT2D eigenvalue weighted by molar-refractivity contribution is -0.167. The molecule has 0 saturated heterocycles. The number of carbonyl (C=O) groups excluding carboxylic acids is 3. The van der Waals surface area contributed by atoms with Gasteiger partial charge in [-0.15, -0.1) is 0 Å². The fraction of sp³-hybridized carbons (Fsp3) is 0.629. The third-order valence-corrected chi connectivity index (χ3v) is 11.2. The van der Waals surface area contributed by atoms with Gasteiger partial charge in [0.05, 0.1) is 0 Å². The highest BCUT2D eigenvalue weighted by molar-refractivity contribution is 5.71. The van der Waals surface area contributed by atoms with Gasteiger partial charge in [-0.2, -0.15) is 0 Å². The van der Waals surface area contributed by atoms with Crippen molar-refractivity contribution >= 4 is 17.9 Å². The molecule has 0 bridgehead atoms. The first-order valence-corrected chi connectivity index (χ1v) is 27.5. The van der Waals surface area contributed by atoms with Crippen molar-refractivity contribution in [2.75, 3.05) is 13.2 Å². The molecule has 0 aromatic carbocycles. The van der Waals surface area contributed by atoms with E-state index in [1.165, 1.54) is 51.4 Å². The zero-order chi connectivity index (χ0) is 49.3. The van der Waals surface area contributed by atoms with E-state index >= 15 is 0 Å². The average Bonchev–Trinajstić information content (AvgIpc) is 3.34. The van der Waals surface area contributed by atoms with Gasteiger partial charge in [0.25, 0.3) is 0 Å². The minimum atomic E-state index is -0.816. The molecule has 0 radical (unpaired) electrons. The van der Waals surface area contributed by atoms with Gasteiger partial charge >= 0.3 is 17.9 Å². The van der Waals surface area contributed by atoms with Crippen LogP contribution >= 0.6 is 0 Å². The van der Waals surface area contributed by atoms with Crippen LogP contribution in [0.4, 0.5) is 0 Å². The average molecular weight is 941 g/mol. The molecule has 0 aromatic rings. The van der Waals surface area contributed by atoms with Crippen LogP contribution in [-0.4, -0.2) is 37.2 Å². The monoisotopic (exact) mass is 941 g/mol. The van der Waals surface area contributed by atoms with Crippen molar-refractivity contribution in [2.24, 2.45) is 0 Å². The van der Waals surface area contributed by atoms with E-state index in [4.69, 9.17) is 14.2 Å². The highest BCUT2D eigenvalue weighted by atomic mass is 16.6. The third-order valence-electron chi connectivity index (χ3n) is 11.2. The van der Waals surface area contributed by atoms with Crippen LogP contribution in [0.3, 0.4) is 0 Å². The maximum absolute atomic E-state index is 12.8. The van der Waals surface area contributed by atoms with E-state index in [1.54, 1.807) is 0 Å². The summed E-state index contributed by atoms with van der Waals surface area (Å²) in [7, 11) is 0. The molecule has 0 aliphatic carbocycles. The molecule has 0 spiro atoms. The lowest BCUT2D eigenvalue weighted by Crippen LogP contribution is -2.30. The van der Waals surface area contributed by atoms with Crippen molar-refractivity contribution in [1.29, 1.82) is 0 Å². The molecule has 0 N–H and O–H groups in total. The number of rotatable bonds is 48. The highest BCUT2D eigenvalue weighted by Crippen LogP contribution is 2.13. The normalized spacial score (nSPS) is 13.0. The Morgan fingerprint density at radius 3 is 0.956 bits per heavy atom. The molecule has 1 unspecified atom stereocenters. The molecule has 6 heteroatoms. The van der Waals surface area contributed by atoms with Crippen molar-refractivity contribution in [2.45, 2.75) is 239 Å². The van der Waals surface area contributed by atoms with Gasteiger partial charge in [-0.05, 0) is 122 Å². The molecule has 0 saturated carbocycles. The second-order valence-corrected chi connectivity index (χ2v) is 17.7. The maximum Gasteiger partial charge on any atom is 0.306 e. The van der Waals surface area contributed by atoms with Gasteiger partial charge in [-0.1, -0.05) is 213 Å². The van der Waals surface area contributed by atoms with E-state index < -0.39 is 6.10 Å². The van der Waals surface area contributed by atoms with Gasteiger partial charge in [-0.3, -0.25) is 14.4 Å². The van der Waals surface area contributed by atoms with Gasteiger partial charge in [0.2, 0.25) is 0 Å². The topological polar surface area (TPSA) is 78.9 Å². The molecule has 384 valence electrons. The predicted molar refractivity (Wildman–Crippen MR) is 293 cm³/mol. The van der Waals surface area contributed by atoms with Gasteiger partial charge in [0.1, 0.15) is 13.2 Å². The van der Waals surface area contributed by atoms with Crippen molar-refractivity contribution in [1.82, 2.24) is 0 Å². The Morgan fingerprint density at radius 2 is 0.588 bits per heavy atom. The fourth-order valence-corrected chi connectivity index (χ4v) is 7.11. The van der Waals surface area contributed by atoms with Gasteiger partial charge in [0, 0.05) is 19.3 Å². The molecule has 0 fully saturated rings. The Hall–Kier alpha value is -4.19. The summed E-state index contributed by atoms with van der Waals surface area (Å²) in [5.41, 5.74) is 0. The number of ether oxygens (including phenoxy) is 3. The molecule has 0 aromatic heterocycles. The minimum Gasteiger partial charge on any atom is -0.462 e. The quantitative estimate of drug-likeness (QED) is 0.0262. The summed E-state index contributed by atoms with van der Waals surface area (Å²) in [6.45, 7) is 6.32. The van der Waals surface area contributed by atoms with Crippen molar-refractivity contribution < 1.29 is 28.6 Å². The number of hydrogen-bond acceptors (Lipinski definition) is 6. The zero-order valence-corrected chi connectivity index (χ0v) is 43.8. The van der Waals surface area contributed by atoms with Crippen molar-refractivity contribution in [3.05, 3.63) is 122 Å². The first-order valence-electron chi connectivity index (χ1n) is 27.5. The summed E-state index contributed by atoms with van der Waals surface area (Å²) >= 11 is 0. The number of carbonyl (C=O) groups is 3. The van der Waals surface area contributed by atoms with Crippen LogP contribution in [0.15, 0.2) is 122 Å². The second kappa shape index (κ2) is 55.4. The molecule has 0 heterocycles. The van der Waals surface area contributed by atoms with Crippen LogP contribution in [0, 0.1) is 0 Å². The van der Waals surface area contributed by atoms with E-state index in [2.05, 4.69) is 142 Å². The van der Waals surface area contributed by atoms with Crippen LogP contribution in [0.5, 0.6) is 0 Å². The van der Waals surface area contributed by atoms with E-state index in [-0.39, 0.29) is 37.5 Å². The van der Waals surface area contributed by atoms with Gasteiger partial charge in [-0.25, -0.2) is 0 Å². The van der Waals surface area contributed by atoms with Crippen molar-refractivity contribution in [3.63, 3.8) is 0 Å². The molecule has 0 aliphatic rings. The molecular formula is C62H100O6. The summed E-state index contributed by atoms with van der Waals surface area (Å²) in [4.78, 5) is 38.1. The summed E-state index contributed by atoms with van der Waals surface area (Å²) in [5, 5.41) is 0. The van der Waals surface area contributed by atoms with Gasteiger partial charge < -0.3 is 14.2 Å². The second-order valence-electron chi connectivity index (χ2n) is 17.7. The largest absolute Gasteiger partial charge is 0.462 e. The van der Waals surface area contributed by atoms with Crippen LogP contribution in [0.2, 0.25) is 0 Å². The van der Waals surface area contributed by atoms with E-state index in [9.17, 15) is 14.4 Å². The van der Waals surface area contributed by atoms with Crippen molar-refractivity contribution in [3.8, 4) is 0 Å². The van der Waals surface area contributed by atoms with E-state index in [0.717, 1.165) is 135 Å². The van der Waals surface area contributed by atoms with Crippen LogP contribution in [0.1, 0.15) is 233 Å². The Morgan fingerprint density at radius 1 is 0.309 bits per heavy atom. The Balaban J connectivity index is 4.54. The highest BCUT2D eigenvalue weighted by Gasteiger charge is 2.19. The van der Waals surface area contributed by atoms with Crippen LogP contribution in [0.25, 0.3) is 0 Å². The number of unbranched alkanes of at least 4 members (excludes halogenated alkanes) is 17. The van der Waals surface area contributed by atoms with E-state index in [0.29, 0.717) is 19.3 Å². The molecule has 6 nitrogen and oxygen atoms in total. The molecule has 0 amide bonds. The number of hydrogen-bond donors (Lipinski definition) is 0. The molecular weight excluding hydrogens is 841 g/mol. The maximum atomic E-state index is 12.8. The number of esters is 3. The third kappa shape index (κ3) is 52.8. The van der Waals surface area contributed by atoms with Gasteiger partial charge in [0.15, 0.2) is 6.10 Å². The first kappa shape index (κ1) is 63.8. The predicted octanol–water partition coefficient (Wildman–Crippen LogP) is 18.5. The van der Waals surface area contributed by atoms with Crippen LogP contribution < -0.4 is 0 Å². The molecule has 0 rings (SSSR count). The summed E-state index contributed by atoms with van der Waals surface area (Å²) in [6.07, 6.45) is 76.1. The SMILES string of the molecule is CC/C=C\C/C=C\C/C=C\C/C=C\C/C=C\CCCC(=O)OCC(COC(=O)CCCCCCC/C=C\C/C=C\CCCCCC)OC(=O)CCCCCCCCC/C=C\C/C=C\C/C=C\CC. The van der Waals surface area contributed by atoms with Crippen LogP contribution in [-0.2, 0) is 28.6 Å².